The van der Waals surface area contributed by atoms with Gasteiger partial charge in [0.2, 0.25) is 0 Å². The van der Waals surface area contributed by atoms with Crippen molar-refractivity contribution in [1.29, 1.82) is 0 Å². The fourth-order valence-corrected chi connectivity index (χ4v) is 11.9. The van der Waals surface area contributed by atoms with Crippen LogP contribution in [-0.4, -0.2) is 110 Å². The highest BCUT2D eigenvalue weighted by atomic mass is 31.2. The van der Waals surface area contributed by atoms with Crippen LogP contribution in [0.5, 0.6) is 0 Å². The van der Waals surface area contributed by atoms with Crippen LogP contribution < -0.4 is 33.9 Å². The summed E-state index contributed by atoms with van der Waals surface area (Å²) in [5, 5.41) is 0. The Morgan fingerprint density at radius 2 is 1.34 bits per heavy atom. The molecule has 12 atom stereocenters. The first-order valence-electron chi connectivity index (χ1n) is 23.2. The lowest BCUT2D eigenvalue weighted by atomic mass is 10.0. The van der Waals surface area contributed by atoms with E-state index in [0.717, 1.165) is 26.1 Å². The van der Waals surface area contributed by atoms with E-state index in [9.17, 15) is 66.7 Å². The second-order valence-corrected chi connectivity index (χ2v) is 23.5. The zero-order valence-corrected chi connectivity index (χ0v) is 44.0. The van der Waals surface area contributed by atoms with E-state index in [0.29, 0.717) is 25.7 Å². The van der Waals surface area contributed by atoms with Gasteiger partial charge in [-0.15, -0.1) is 12.3 Å². The summed E-state index contributed by atoms with van der Waals surface area (Å²) in [6, 6.07) is 4.21. The minimum Gasteiger partial charge on any atom is -0.467 e. The standard InChI is InChI=1S/C42H53N7O24P4/c1-3-4-5-6-7-8-10-26-19-49(42(54)46-39(26)51)37-17-29(32(70-37)22-65-74(55,56)24-27-15-35(47-13-12-34(43)44-40(47)52)69-31(27)21-66-75(57,58)59)73-77(62,63)68-23-33-30(72-76(60,61)67-20-28-11-9-14-64-28)16-36(71-33)48-18-25(2)38(50)45-41(48)53/h1,9,11-14,18-19,27,29-33,35-37H,4-7,15-17,20-24H2,2H3,(H,55,56)(H,60,61)(H,62,63)(H2,43,44,52)(H,45,50,53)(H,46,51,54)(H2,57,58,59)/t27-,29+,30+,31+,32+,33+,35+,36+,37+/m0/s1. The first-order valence-corrected chi connectivity index (χ1v) is 29.5. The Kier molecular flexibility index (Phi) is 19.5. The van der Waals surface area contributed by atoms with Crippen LogP contribution in [0.25, 0.3) is 0 Å². The lowest BCUT2D eigenvalue weighted by molar-refractivity contribution is -0.0564. The zero-order chi connectivity index (χ0) is 55.9. The third kappa shape index (κ3) is 16.7. The van der Waals surface area contributed by atoms with Crippen molar-refractivity contribution in [1.82, 2.24) is 28.7 Å². The lowest BCUT2D eigenvalue weighted by Crippen LogP contribution is -2.33. The third-order valence-corrected chi connectivity index (χ3v) is 15.9. The maximum Gasteiger partial charge on any atom is 0.472 e. The molecule has 0 spiro atoms. The summed E-state index contributed by atoms with van der Waals surface area (Å²) in [6.07, 6.45) is -1.46. The van der Waals surface area contributed by atoms with Gasteiger partial charge < -0.3 is 53.4 Å². The van der Waals surface area contributed by atoms with Crippen molar-refractivity contribution in [2.75, 3.05) is 31.7 Å². The highest BCUT2D eigenvalue weighted by Gasteiger charge is 2.48. The van der Waals surface area contributed by atoms with E-state index in [2.05, 4.69) is 37.2 Å². The van der Waals surface area contributed by atoms with Crippen LogP contribution in [0.4, 0.5) is 5.82 Å². The van der Waals surface area contributed by atoms with Crippen LogP contribution in [0.2, 0.25) is 0 Å². The average Bonchev–Trinajstić information content (AvgIpc) is 4.19. The molecule has 3 saturated heterocycles. The van der Waals surface area contributed by atoms with E-state index >= 15 is 0 Å². The summed E-state index contributed by atoms with van der Waals surface area (Å²) in [4.78, 5) is 123. The molecule has 0 radical (unpaired) electrons. The molecule has 31 nitrogen and oxygen atoms in total. The van der Waals surface area contributed by atoms with Gasteiger partial charge in [-0.25, -0.2) is 28.1 Å². The number of nitrogens with two attached hydrogens (primary N) is 1. The number of terminal acetylenes is 1. The molecule has 4 aromatic rings. The second kappa shape index (κ2) is 25.3. The van der Waals surface area contributed by atoms with Gasteiger partial charge in [-0.3, -0.25) is 60.4 Å². The lowest BCUT2D eigenvalue weighted by Gasteiger charge is -2.25. The van der Waals surface area contributed by atoms with Crippen molar-refractivity contribution in [3.8, 4) is 24.2 Å². The number of aromatic nitrogens is 6. The molecular formula is C42H53N7O24P4. The number of nitrogen functional groups attached to an aromatic ring is 1. The molecule has 3 fully saturated rings. The summed E-state index contributed by atoms with van der Waals surface area (Å²) < 4.78 is 110. The van der Waals surface area contributed by atoms with Crippen LogP contribution in [-0.2, 0) is 66.2 Å². The smallest absolute Gasteiger partial charge is 0.467 e. The Labute approximate surface area is 434 Å². The number of rotatable bonds is 24. The number of phosphoric acid groups is 3. The SMILES string of the molecule is C#CCCCCC#Cc1cn([C@H]2C[C@@H](OP(=O)(O)OC[C@H]3O[C@@H](n4cc(C)c(=O)[nH]c4=O)C[C@H]3OP(=O)(O)OCc3ccco3)[C@@H](COP(=O)(O)C[C@@H]3C[C@H](n4ccc(N)nc4=O)O[C@@H]3COP(=O)(O)O)O2)c(=O)[nH]c1=O. The zero-order valence-electron chi connectivity index (χ0n) is 40.4. The van der Waals surface area contributed by atoms with Gasteiger partial charge in [0.05, 0.1) is 38.3 Å². The van der Waals surface area contributed by atoms with Gasteiger partial charge in [0, 0.05) is 55.8 Å². The van der Waals surface area contributed by atoms with Gasteiger partial charge in [0.15, 0.2) is 0 Å². The molecule has 3 aliphatic rings. The van der Waals surface area contributed by atoms with Gasteiger partial charge in [-0.05, 0) is 44.4 Å². The summed E-state index contributed by atoms with van der Waals surface area (Å²) in [5.74, 6) is 6.92. The predicted molar refractivity (Wildman–Crippen MR) is 261 cm³/mol. The van der Waals surface area contributed by atoms with Gasteiger partial charge >= 0.3 is 48.1 Å². The number of hydrogen-bond acceptors (Lipinski definition) is 21. The number of H-pyrrole nitrogens is 2. The molecule has 0 saturated carbocycles. The number of nitrogens with one attached hydrogen (secondary N) is 2. The van der Waals surface area contributed by atoms with E-state index in [1.165, 1.54) is 37.6 Å². The maximum absolute atomic E-state index is 13.9. The van der Waals surface area contributed by atoms with E-state index < -0.39 is 160 Å². The van der Waals surface area contributed by atoms with Crippen molar-refractivity contribution in [2.45, 2.75) is 108 Å². The second-order valence-electron chi connectivity index (χ2n) is 17.6. The van der Waals surface area contributed by atoms with Gasteiger partial charge in [0.1, 0.15) is 66.8 Å². The van der Waals surface area contributed by atoms with E-state index in [1.807, 2.05) is 0 Å². The summed E-state index contributed by atoms with van der Waals surface area (Å²) in [6.45, 7) is -1.85. The molecule has 3 aliphatic heterocycles. The first-order chi connectivity index (χ1) is 36.3. The molecule has 0 aromatic carbocycles. The molecule has 77 heavy (non-hydrogen) atoms. The molecule has 0 amide bonds. The van der Waals surface area contributed by atoms with Crippen LogP contribution in [0.1, 0.15) is 80.5 Å². The number of ether oxygens (including phenoxy) is 3. The van der Waals surface area contributed by atoms with Crippen molar-refractivity contribution in [2.24, 2.45) is 5.92 Å². The molecule has 7 heterocycles. The Balaban J connectivity index is 1.11. The predicted octanol–water partition coefficient (Wildman–Crippen LogP) is 1.37. The number of aryl methyl sites for hydroxylation is 1. The fraction of sp³-hybridized carbons (Fsp3) is 0.524. The van der Waals surface area contributed by atoms with E-state index in [4.69, 9.17) is 53.4 Å². The van der Waals surface area contributed by atoms with Crippen molar-refractivity contribution >= 4 is 36.9 Å². The molecule has 3 unspecified atom stereocenters. The average molecular weight is 1160 g/mol. The molecule has 4 aromatic heterocycles. The maximum atomic E-state index is 13.9. The number of hydrogen-bond donors (Lipinski definition) is 8. The molecule has 9 N–H and O–H groups in total. The summed E-state index contributed by atoms with van der Waals surface area (Å²) in [7, 11) is -20.4. The summed E-state index contributed by atoms with van der Waals surface area (Å²) >= 11 is 0. The Bertz CT molecular complexity index is 3360. The number of aromatic amines is 2. The molecule has 7 rings (SSSR count). The monoisotopic (exact) mass is 1160 g/mol. The third-order valence-electron chi connectivity index (χ3n) is 11.9. The normalized spacial score (nSPS) is 25.8. The highest BCUT2D eigenvalue weighted by Crippen LogP contribution is 2.54. The minimum atomic E-state index is -5.41. The largest absolute Gasteiger partial charge is 0.472 e. The number of unbranched alkanes of at least 4 members (excludes halogenated alkanes) is 3. The van der Waals surface area contributed by atoms with Gasteiger partial charge in [0.25, 0.3) is 11.1 Å². The Morgan fingerprint density at radius 3 is 1.96 bits per heavy atom. The van der Waals surface area contributed by atoms with Crippen molar-refractivity contribution in [3.05, 3.63) is 112 Å². The van der Waals surface area contributed by atoms with Crippen LogP contribution in [0, 0.1) is 37.0 Å². The quantitative estimate of drug-likeness (QED) is 0.0279. The topological polar surface area (TPSA) is 436 Å². The highest BCUT2D eigenvalue weighted by molar-refractivity contribution is 7.52. The minimum absolute atomic E-state index is 0.0741. The fourth-order valence-electron chi connectivity index (χ4n) is 8.24. The first kappa shape index (κ1) is 59.5. The van der Waals surface area contributed by atoms with Crippen LogP contribution in [0.15, 0.2) is 71.4 Å². The van der Waals surface area contributed by atoms with Gasteiger partial charge in [-0.2, -0.15) is 4.98 Å². The van der Waals surface area contributed by atoms with Crippen molar-refractivity contribution in [3.63, 3.8) is 0 Å². The number of nitrogens with zero attached hydrogens (tertiary/aromatic N) is 4. The number of furan rings is 1. The molecular weight excluding hydrogens is 1110 g/mol. The number of phosphoric ester groups is 3. The number of anilines is 1. The van der Waals surface area contributed by atoms with E-state index in [-0.39, 0.29) is 29.1 Å². The molecule has 0 bridgehead atoms. The Morgan fingerprint density at radius 1 is 0.753 bits per heavy atom. The van der Waals surface area contributed by atoms with Gasteiger partial charge in [-0.1, -0.05) is 11.8 Å². The molecule has 35 heteroatoms. The Hall–Kier alpha value is -5.20. The van der Waals surface area contributed by atoms with Crippen LogP contribution in [0.3, 0.4) is 0 Å². The summed E-state index contributed by atoms with van der Waals surface area (Å²) in [5.41, 5.74) is 1.07. The molecule has 0 aliphatic carbocycles. The van der Waals surface area contributed by atoms with E-state index in [1.54, 1.807) is 0 Å². The molecule has 420 valence electrons. The van der Waals surface area contributed by atoms with Crippen LogP contribution >= 0.6 is 31.1 Å². The van der Waals surface area contributed by atoms with Crippen molar-refractivity contribution < 1.29 is 88.5 Å².